The summed E-state index contributed by atoms with van der Waals surface area (Å²) in [5, 5.41) is 0. The molecule has 3 nitrogen and oxygen atoms in total. The van der Waals surface area contributed by atoms with E-state index < -0.39 is 17.5 Å². The maximum absolute atomic E-state index is 13.5. The van der Waals surface area contributed by atoms with Crippen LogP contribution < -0.4 is 5.73 Å². The van der Waals surface area contributed by atoms with E-state index in [1.807, 2.05) is 6.92 Å². The van der Waals surface area contributed by atoms with Gasteiger partial charge in [-0.15, -0.1) is 0 Å². The van der Waals surface area contributed by atoms with Crippen molar-refractivity contribution in [3.8, 4) is 0 Å². The second-order valence-electron chi connectivity index (χ2n) is 4.06. The van der Waals surface area contributed by atoms with Gasteiger partial charge in [-0.2, -0.15) is 0 Å². The molecule has 0 spiro atoms. The molecule has 0 aromatic heterocycles. The second kappa shape index (κ2) is 7.06. The molecule has 0 saturated heterocycles. The second-order valence-corrected chi connectivity index (χ2v) is 4.06. The molecule has 0 bridgehead atoms. The van der Waals surface area contributed by atoms with Gasteiger partial charge in [0.25, 0.3) is 5.91 Å². The van der Waals surface area contributed by atoms with E-state index in [0.29, 0.717) is 25.7 Å². The van der Waals surface area contributed by atoms with E-state index in [4.69, 9.17) is 5.73 Å². The van der Waals surface area contributed by atoms with Crippen LogP contribution in [-0.4, -0.2) is 30.4 Å². The minimum atomic E-state index is -0.835. The van der Waals surface area contributed by atoms with Crippen molar-refractivity contribution in [2.24, 2.45) is 5.73 Å². The molecule has 1 rings (SSSR count). The van der Waals surface area contributed by atoms with Crippen LogP contribution in [0.1, 0.15) is 30.1 Å². The van der Waals surface area contributed by atoms with Crippen molar-refractivity contribution < 1.29 is 13.6 Å². The van der Waals surface area contributed by atoms with Crippen LogP contribution in [0.2, 0.25) is 0 Å². The molecular weight excluding hydrogens is 238 g/mol. The fourth-order valence-electron chi connectivity index (χ4n) is 1.65. The van der Waals surface area contributed by atoms with Gasteiger partial charge in [-0.05, 0) is 18.6 Å². The van der Waals surface area contributed by atoms with E-state index in [1.54, 1.807) is 0 Å². The molecule has 2 N–H and O–H groups in total. The number of carbonyl (C=O) groups excluding carboxylic acids is 1. The van der Waals surface area contributed by atoms with Crippen LogP contribution in [0.25, 0.3) is 0 Å². The van der Waals surface area contributed by atoms with Gasteiger partial charge in [0.05, 0.1) is 5.56 Å². The van der Waals surface area contributed by atoms with Crippen molar-refractivity contribution >= 4 is 5.91 Å². The summed E-state index contributed by atoms with van der Waals surface area (Å²) in [6, 6.07) is 2.97. The summed E-state index contributed by atoms with van der Waals surface area (Å²) in [6.07, 6.45) is 1.76. The Labute approximate surface area is 106 Å². The molecule has 18 heavy (non-hydrogen) atoms. The Morgan fingerprint density at radius 3 is 2.61 bits per heavy atom. The molecule has 1 aromatic carbocycles. The van der Waals surface area contributed by atoms with Gasteiger partial charge < -0.3 is 10.6 Å². The Morgan fingerprint density at radius 1 is 1.33 bits per heavy atom. The predicted octanol–water partition coefficient (Wildman–Crippen LogP) is 2.17. The first-order valence-corrected chi connectivity index (χ1v) is 6.04. The summed E-state index contributed by atoms with van der Waals surface area (Å²) < 4.78 is 26.3. The number of nitrogens with zero attached hydrogens (tertiary/aromatic N) is 1. The van der Waals surface area contributed by atoms with E-state index in [2.05, 4.69) is 0 Å². The number of hydrogen-bond donors (Lipinski definition) is 1. The van der Waals surface area contributed by atoms with Crippen molar-refractivity contribution in [2.45, 2.75) is 19.8 Å². The molecule has 0 fully saturated rings. The fourth-order valence-corrected chi connectivity index (χ4v) is 1.65. The van der Waals surface area contributed by atoms with Crippen molar-refractivity contribution in [3.63, 3.8) is 0 Å². The fraction of sp³-hybridized carbons (Fsp3) is 0.462. The molecule has 0 aliphatic heterocycles. The molecule has 0 aliphatic rings. The topological polar surface area (TPSA) is 46.3 Å². The first kappa shape index (κ1) is 14.6. The van der Waals surface area contributed by atoms with E-state index in [0.717, 1.165) is 18.9 Å². The Bertz CT molecular complexity index is 410. The lowest BCUT2D eigenvalue weighted by molar-refractivity contribution is 0.0753. The van der Waals surface area contributed by atoms with Crippen LogP contribution in [0.15, 0.2) is 18.2 Å². The first-order chi connectivity index (χ1) is 8.60. The van der Waals surface area contributed by atoms with Gasteiger partial charge in [0.15, 0.2) is 0 Å². The van der Waals surface area contributed by atoms with E-state index >= 15 is 0 Å². The number of unbranched alkanes of at least 4 members (excludes halogenated alkanes) is 1. The van der Waals surface area contributed by atoms with E-state index in [1.165, 1.54) is 11.0 Å². The summed E-state index contributed by atoms with van der Waals surface area (Å²) in [5.41, 5.74) is 5.32. The Morgan fingerprint density at radius 2 is 2.06 bits per heavy atom. The number of carbonyl (C=O) groups is 1. The van der Waals surface area contributed by atoms with Gasteiger partial charge in [0, 0.05) is 25.7 Å². The summed E-state index contributed by atoms with van der Waals surface area (Å²) in [5.74, 6) is -1.96. The van der Waals surface area contributed by atoms with Crippen molar-refractivity contribution in [2.75, 3.05) is 19.6 Å². The van der Waals surface area contributed by atoms with Crippen LogP contribution in [0.5, 0.6) is 0 Å². The van der Waals surface area contributed by atoms with Gasteiger partial charge >= 0.3 is 0 Å². The third kappa shape index (κ3) is 3.77. The van der Waals surface area contributed by atoms with Crippen molar-refractivity contribution in [1.82, 2.24) is 4.90 Å². The number of halogens is 2. The molecule has 1 amide bonds. The van der Waals surface area contributed by atoms with Crippen LogP contribution >= 0.6 is 0 Å². The average molecular weight is 256 g/mol. The molecule has 0 aliphatic carbocycles. The average Bonchev–Trinajstić information content (AvgIpc) is 2.33. The third-order valence-corrected chi connectivity index (χ3v) is 2.63. The molecule has 0 heterocycles. The SMILES string of the molecule is CCCCN(CCN)C(=O)c1ccc(F)cc1F. The first-order valence-electron chi connectivity index (χ1n) is 6.04. The smallest absolute Gasteiger partial charge is 0.256 e. The molecule has 0 saturated carbocycles. The molecule has 5 heteroatoms. The highest BCUT2D eigenvalue weighted by molar-refractivity contribution is 5.94. The van der Waals surface area contributed by atoms with Crippen LogP contribution in [0, 0.1) is 11.6 Å². The maximum Gasteiger partial charge on any atom is 0.256 e. The lowest BCUT2D eigenvalue weighted by Gasteiger charge is -2.22. The number of hydrogen-bond acceptors (Lipinski definition) is 2. The summed E-state index contributed by atoms with van der Waals surface area (Å²) in [6.45, 7) is 3.22. The lowest BCUT2D eigenvalue weighted by Crippen LogP contribution is -2.36. The Balaban J connectivity index is 2.87. The van der Waals surface area contributed by atoms with Crippen molar-refractivity contribution in [1.29, 1.82) is 0 Å². The minimum Gasteiger partial charge on any atom is -0.337 e. The van der Waals surface area contributed by atoms with Gasteiger partial charge in [-0.1, -0.05) is 13.3 Å². The maximum atomic E-state index is 13.5. The van der Waals surface area contributed by atoms with Crippen molar-refractivity contribution in [3.05, 3.63) is 35.4 Å². The number of rotatable bonds is 6. The van der Waals surface area contributed by atoms with Gasteiger partial charge in [0.2, 0.25) is 0 Å². The Hall–Kier alpha value is -1.49. The molecule has 0 atom stereocenters. The third-order valence-electron chi connectivity index (χ3n) is 2.63. The van der Waals surface area contributed by atoms with Gasteiger partial charge in [-0.3, -0.25) is 4.79 Å². The molecular formula is C13H18F2N2O. The Kier molecular flexibility index (Phi) is 5.71. The molecule has 0 unspecified atom stereocenters. The highest BCUT2D eigenvalue weighted by atomic mass is 19.1. The zero-order valence-electron chi connectivity index (χ0n) is 10.5. The highest BCUT2D eigenvalue weighted by Crippen LogP contribution is 2.12. The van der Waals surface area contributed by atoms with E-state index in [-0.39, 0.29) is 5.56 Å². The van der Waals surface area contributed by atoms with E-state index in [9.17, 15) is 13.6 Å². The van der Waals surface area contributed by atoms with Gasteiger partial charge in [-0.25, -0.2) is 8.78 Å². The summed E-state index contributed by atoms with van der Waals surface area (Å²) >= 11 is 0. The lowest BCUT2D eigenvalue weighted by atomic mass is 10.1. The monoisotopic (exact) mass is 256 g/mol. The van der Waals surface area contributed by atoms with Gasteiger partial charge in [0.1, 0.15) is 11.6 Å². The standard InChI is InChI=1S/C13H18F2N2O/c1-2-3-7-17(8-6-16)13(18)11-5-4-10(14)9-12(11)15/h4-5,9H,2-3,6-8,16H2,1H3. The zero-order valence-corrected chi connectivity index (χ0v) is 10.5. The quantitative estimate of drug-likeness (QED) is 0.847. The highest BCUT2D eigenvalue weighted by Gasteiger charge is 2.18. The number of benzene rings is 1. The van der Waals surface area contributed by atoms with Crippen LogP contribution in [0.4, 0.5) is 8.78 Å². The molecule has 100 valence electrons. The molecule has 0 radical (unpaired) electrons. The summed E-state index contributed by atoms with van der Waals surface area (Å²) in [7, 11) is 0. The molecule has 1 aromatic rings. The number of amides is 1. The summed E-state index contributed by atoms with van der Waals surface area (Å²) in [4.78, 5) is 13.6. The van der Waals surface area contributed by atoms with Crippen LogP contribution in [-0.2, 0) is 0 Å². The minimum absolute atomic E-state index is 0.110. The largest absolute Gasteiger partial charge is 0.337 e. The predicted molar refractivity (Wildman–Crippen MR) is 66.2 cm³/mol. The number of nitrogens with two attached hydrogens (primary N) is 1. The van der Waals surface area contributed by atoms with Crippen LogP contribution in [0.3, 0.4) is 0 Å². The normalized spacial score (nSPS) is 10.4. The zero-order chi connectivity index (χ0) is 13.5.